The highest BCUT2D eigenvalue weighted by Gasteiger charge is 2.18. The highest BCUT2D eigenvalue weighted by Crippen LogP contribution is 2.37. The molecule has 0 amide bonds. The fraction of sp³-hybridized carbons (Fsp3) is 0. The van der Waals surface area contributed by atoms with Crippen molar-refractivity contribution in [3.63, 3.8) is 0 Å². The van der Waals surface area contributed by atoms with Gasteiger partial charge in [-0.15, -0.1) is 0 Å². The van der Waals surface area contributed by atoms with Gasteiger partial charge in [0.15, 0.2) is 17.5 Å². The van der Waals surface area contributed by atoms with Gasteiger partial charge in [-0.05, 0) is 73.8 Å². The molecule has 0 atom stereocenters. The SMILES string of the molecule is c1ccc(-c2nc(-c3ccc4cc(-c5ccc6ccc7ccccc7c6c5)ccc4c3)nc(-c3cccc4oc5ccccc5c34)n2)cc1. The molecule has 2 aromatic heterocycles. The molecule has 10 rings (SSSR count). The number of benzene rings is 8. The molecule has 0 unspecified atom stereocenters. The second kappa shape index (κ2) is 11.0. The van der Waals surface area contributed by atoms with E-state index in [0.29, 0.717) is 17.5 Å². The largest absolute Gasteiger partial charge is 0.456 e. The third-order valence-corrected chi connectivity index (χ3v) is 9.49. The Kier molecular flexibility index (Phi) is 6.15. The van der Waals surface area contributed by atoms with Crippen molar-refractivity contribution < 1.29 is 4.42 Å². The van der Waals surface area contributed by atoms with Gasteiger partial charge < -0.3 is 4.42 Å². The molecule has 4 nitrogen and oxygen atoms in total. The van der Waals surface area contributed by atoms with Gasteiger partial charge in [0.25, 0.3) is 0 Å². The van der Waals surface area contributed by atoms with E-state index in [4.69, 9.17) is 19.4 Å². The quantitative estimate of drug-likeness (QED) is 0.183. The molecule has 0 spiro atoms. The molecule has 0 fully saturated rings. The van der Waals surface area contributed by atoms with Gasteiger partial charge in [0.05, 0.1) is 0 Å². The van der Waals surface area contributed by atoms with Crippen molar-refractivity contribution in [2.24, 2.45) is 0 Å². The van der Waals surface area contributed by atoms with E-state index in [1.807, 2.05) is 60.7 Å². The van der Waals surface area contributed by atoms with E-state index in [2.05, 4.69) is 103 Å². The summed E-state index contributed by atoms with van der Waals surface area (Å²) in [5.74, 6) is 1.87. The summed E-state index contributed by atoms with van der Waals surface area (Å²) in [6.07, 6.45) is 0. The first-order valence-corrected chi connectivity index (χ1v) is 16.4. The van der Waals surface area contributed by atoms with Gasteiger partial charge in [-0.1, -0.05) is 133 Å². The van der Waals surface area contributed by atoms with Crippen LogP contribution in [0.2, 0.25) is 0 Å². The van der Waals surface area contributed by atoms with Gasteiger partial charge in [0.2, 0.25) is 0 Å². The number of hydrogen-bond acceptors (Lipinski definition) is 4. The van der Waals surface area contributed by atoms with Crippen molar-refractivity contribution in [1.82, 2.24) is 15.0 Å². The van der Waals surface area contributed by atoms with Gasteiger partial charge >= 0.3 is 0 Å². The van der Waals surface area contributed by atoms with Gasteiger partial charge in [-0.2, -0.15) is 0 Å². The second-order valence-corrected chi connectivity index (χ2v) is 12.4. The van der Waals surface area contributed by atoms with Crippen LogP contribution in [0.3, 0.4) is 0 Å². The Balaban J connectivity index is 1.10. The minimum Gasteiger partial charge on any atom is -0.456 e. The molecule has 0 saturated heterocycles. The lowest BCUT2D eigenvalue weighted by molar-refractivity contribution is 0.669. The second-order valence-electron chi connectivity index (χ2n) is 12.4. The topological polar surface area (TPSA) is 51.8 Å². The minimum atomic E-state index is 0.611. The van der Waals surface area contributed by atoms with Gasteiger partial charge in [-0.3, -0.25) is 0 Å². The molecule has 0 aliphatic heterocycles. The van der Waals surface area contributed by atoms with Crippen molar-refractivity contribution in [3.05, 3.63) is 164 Å². The normalized spacial score (nSPS) is 11.7. The van der Waals surface area contributed by atoms with E-state index in [9.17, 15) is 0 Å². The van der Waals surface area contributed by atoms with E-state index in [1.165, 1.54) is 32.7 Å². The van der Waals surface area contributed by atoms with E-state index in [1.54, 1.807) is 0 Å². The van der Waals surface area contributed by atoms with Crippen LogP contribution in [-0.2, 0) is 0 Å². The number of rotatable bonds is 4. The van der Waals surface area contributed by atoms with Crippen LogP contribution < -0.4 is 0 Å². The van der Waals surface area contributed by atoms with Gasteiger partial charge in [0.1, 0.15) is 11.2 Å². The highest BCUT2D eigenvalue weighted by atomic mass is 16.3. The summed E-state index contributed by atoms with van der Waals surface area (Å²) in [7, 11) is 0. The lowest BCUT2D eigenvalue weighted by atomic mass is 9.95. The predicted octanol–water partition coefficient (Wildman–Crippen LogP) is 11.9. The first-order chi connectivity index (χ1) is 24.2. The summed E-state index contributed by atoms with van der Waals surface area (Å²) in [5.41, 5.74) is 6.82. The Morgan fingerprint density at radius 3 is 1.73 bits per heavy atom. The van der Waals surface area contributed by atoms with Crippen LogP contribution in [0.25, 0.3) is 99.5 Å². The van der Waals surface area contributed by atoms with E-state index in [0.717, 1.165) is 49.4 Å². The fourth-order valence-corrected chi connectivity index (χ4v) is 7.05. The summed E-state index contributed by atoms with van der Waals surface area (Å²) in [6, 6.07) is 57.1. The monoisotopic (exact) mass is 625 g/mol. The van der Waals surface area contributed by atoms with Crippen molar-refractivity contribution in [2.75, 3.05) is 0 Å². The first-order valence-electron chi connectivity index (χ1n) is 16.4. The number of hydrogen-bond donors (Lipinski definition) is 0. The number of aromatic nitrogens is 3. The standard InChI is InChI=1S/C45H27N3O/c1-2-10-30(11-3-1)43-46-44(48-45(47-43)38-14-8-16-41-42(38)37-13-6-7-15-40(37)49-41)35-24-23-31-25-32(21-22-33(31)26-35)34-20-19-29-18-17-28-9-4-5-12-36(28)39(29)27-34/h1-27H. The summed E-state index contributed by atoms with van der Waals surface area (Å²) in [5, 5.41) is 9.37. The maximum Gasteiger partial charge on any atom is 0.164 e. The summed E-state index contributed by atoms with van der Waals surface area (Å²) in [4.78, 5) is 15.1. The fourth-order valence-electron chi connectivity index (χ4n) is 7.05. The molecule has 8 aromatic carbocycles. The molecule has 0 saturated carbocycles. The van der Waals surface area contributed by atoms with Crippen molar-refractivity contribution in [1.29, 1.82) is 0 Å². The molecule has 228 valence electrons. The Morgan fingerprint density at radius 2 is 0.898 bits per heavy atom. The third-order valence-electron chi connectivity index (χ3n) is 9.49. The molecule has 0 N–H and O–H groups in total. The van der Waals surface area contributed by atoms with Crippen LogP contribution in [0.1, 0.15) is 0 Å². The molecule has 0 aliphatic carbocycles. The van der Waals surface area contributed by atoms with Crippen molar-refractivity contribution in [2.45, 2.75) is 0 Å². The van der Waals surface area contributed by atoms with Crippen LogP contribution in [0.15, 0.2) is 168 Å². The summed E-state index contributed by atoms with van der Waals surface area (Å²) >= 11 is 0. The van der Waals surface area contributed by atoms with Crippen molar-refractivity contribution >= 4 is 54.3 Å². The lowest BCUT2D eigenvalue weighted by Crippen LogP contribution is -2.00. The molecule has 0 bridgehead atoms. The smallest absolute Gasteiger partial charge is 0.164 e. The lowest BCUT2D eigenvalue weighted by Gasteiger charge is -2.11. The zero-order chi connectivity index (χ0) is 32.3. The zero-order valence-electron chi connectivity index (χ0n) is 26.3. The van der Waals surface area contributed by atoms with Crippen LogP contribution in [0.5, 0.6) is 0 Å². The van der Waals surface area contributed by atoms with Crippen LogP contribution in [0.4, 0.5) is 0 Å². The Morgan fingerprint density at radius 1 is 0.327 bits per heavy atom. The van der Waals surface area contributed by atoms with E-state index in [-0.39, 0.29) is 0 Å². The molecule has 49 heavy (non-hydrogen) atoms. The molecule has 4 heteroatoms. The number of furan rings is 1. The van der Waals surface area contributed by atoms with E-state index >= 15 is 0 Å². The highest BCUT2D eigenvalue weighted by molar-refractivity contribution is 6.12. The van der Waals surface area contributed by atoms with Crippen LogP contribution in [-0.4, -0.2) is 15.0 Å². The third kappa shape index (κ3) is 4.65. The average Bonchev–Trinajstić information content (AvgIpc) is 3.56. The Labute approximate surface area is 282 Å². The molecule has 2 heterocycles. The zero-order valence-corrected chi connectivity index (χ0v) is 26.3. The first kappa shape index (κ1) is 27.5. The Bertz CT molecular complexity index is 2890. The van der Waals surface area contributed by atoms with Crippen LogP contribution >= 0.6 is 0 Å². The predicted molar refractivity (Wildman–Crippen MR) is 201 cm³/mol. The molecule has 0 radical (unpaired) electrons. The van der Waals surface area contributed by atoms with Gasteiger partial charge in [0, 0.05) is 27.5 Å². The summed E-state index contributed by atoms with van der Waals surface area (Å²) < 4.78 is 6.20. The number of fused-ring (bicyclic) bond motifs is 7. The van der Waals surface area contributed by atoms with Crippen LogP contribution in [0, 0.1) is 0 Å². The minimum absolute atomic E-state index is 0.611. The number of nitrogens with zero attached hydrogens (tertiary/aromatic N) is 3. The van der Waals surface area contributed by atoms with Crippen molar-refractivity contribution in [3.8, 4) is 45.3 Å². The van der Waals surface area contributed by atoms with Gasteiger partial charge in [-0.25, -0.2) is 15.0 Å². The number of para-hydroxylation sites is 1. The summed E-state index contributed by atoms with van der Waals surface area (Å²) in [6.45, 7) is 0. The molecule has 10 aromatic rings. The average molecular weight is 626 g/mol. The molecular weight excluding hydrogens is 599 g/mol. The molecular formula is C45H27N3O. The Hall–Kier alpha value is -6.65. The maximum atomic E-state index is 6.20. The van der Waals surface area contributed by atoms with E-state index < -0.39 is 0 Å². The molecule has 0 aliphatic rings. The maximum absolute atomic E-state index is 6.20.